The quantitative estimate of drug-likeness (QED) is 0.914. The van der Waals surface area contributed by atoms with Gasteiger partial charge in [-0.1, -0.05) is 11.6 Å². The summed E-state index contributed by atoms with van der Waals surface area (Å²) in [5, 5.41) is 4.61. The van der Waals surface area contributed by atoms with E-state index in [-0.39, 0.29) is 5.56 Å². The van der Waals surface area contributed by atoms with Gasteiger partial charge in [0.25, 0.3) is 5.56 Å². The number of piperidine rings is 1. The maximum atomic E-state index is 12.4. The second kappa shape index (κ2) is 5.31. The molecule has 0 bridgehead atoms. The fraction of sp³-hybridized carbons (Fsp3) is 0.429. The number of nitrogens with zero attached hydrogens (tertiary/aromatic N) is 2. The summed E-state index contributed by atoms with van der Waals surface area (Å²) in [6, 6.07) is 5.22. The van der Waals surface area contributed by atoms with Crippen LogP contribution in [0.3, 0.4) is 0 Å². The van der Waals surface area contributed by atoms with Crippen molar-refractivity contribution in [3.63, 3.8) is 0 Å². The zero-order valence-electron chi connectivity index (χ0n) is 10.6. The zero-order chi connectivity index (χ0) is 13.2. The van der Waals surface area contributed by atoms with Crippen LogP contribution in [0.15, 0.2) is 29.3 Å². The third-order valence-corrected chi connectivity index (χ3v) is 3.88. The molecule has 3 rings (SSSR count). The molecule has 5 heteroatoms. The van der Waals surface area contributed by atoms with Crippen LogP contribution in [-0.2, 0) is 6.54 Å². The van der Waals surface area contributed by atoms with Crippen LogP contribution in [-0.4, -0.2) is 22.6 Å². The number of rotatable bonds is 2. The number of aromatic nitrogens is 2. The van der Waals surface area contributed by atoms with E-state index in [9.17, 15) is 4.79 Å². The van der Waals surface area contributed by atoms with E-state index in [1.54, 1.807) is 29.1 Å². The molecule has 19 heavy (non-hydrogen) atoms. The third-order valence-electron chi connectivity index (χ3n) is 3.64. The monoisotopic (exact) mass is 277 g/mol. The topological polar surface area (TPSA) is 46.9 Å². The number of nitrogens with one attached hydrogen (secondary N) is 1. The van der Waals surface area contributed by atoms with E-state index in [0.717, 1.165) is 26.1 Å². The van der Waals surface area contributed by atoms with Gasteiger partial charge in [-0.2, -0.15) is 0 Å². The van der Waals surface area contributed by atoms with Crippen molar-refractivity contribution >= 4 is 22.5 Å². The molecule has 1 aromatic heterocycles. The van der Waals surface area contributed by atoms with Gasteiger partial charge in [0.2, 0.25) is 0 Å². The summed E-state index contributed by atoms with van der Waals surface area (Å²) in [4.78, 5) is 16.7. The highest BCUT2D eigenvalue weighted by molar-refractivity contribution is 6.31. The molecule has 1 aliphatic heterocycles. The Balaban J connectivity index is 1.93. The van der Waals surface area contributed by atoms with E-state index in [4.69, 9.17) is 11.6 Å². The minimum Gasteiger partial charge on any atom is -0.316 e. The van der Waals surface area contributed by atoms with E-state index >= 15 is 0 Å². The molecule has 1 saturated heterocycles. The van der Waals surface area contributed by atoms with E-state index in [2.05, 4.69) is 10.3 Å². The molecule has 0 spiro atoms. The largest absolute Gasteiger partial charge is 0.316 e. The molecule has 2 aromatic rings. The summed E-state index contributed by atoms with van der Waals surface area (Å²) in [6.07, 6.45) is 3.98. The fourth-order valence-corrected chi connectivity index (χ4v) is 2.79. The van der Waals surface area contributed by atoms with Gasteiger partial charge in [-0.15, -0.1) is 0 Å². The lowest BCUT2D eigenvalue weighted by Gasteiger charge is -2.23. The Morgan fingerprint density at radius 3 is 3.16 bits per heavy atom. The second-order valence-corrected chi connectivity index (χ2v) is 5.51. The van der Waals surface area contributed by atoms with Crippen molar-refractivity contribution in [1.29, 1.82) is 0 Å². The lowest BCUT2D eigenvalue weighted by Crippen LogP contribution is -2.34. The van der Waals surface area contributed by atoms with E-state index in [1.807, 2.05) is 0 Å². The lowest BCUT2D eigenvalue weighted by atomic mass is 10.00. The highest BCUT2D eigenvalue weighted by Gasteiger charge is 2.14. The fourth-order valence-electron chi connectivity index (χ4n) is 2.62. The highest BCUT2D eigenvalue weighted by atomic mass is 35.5. The molecular formula is C14H16ClN3O. The van der Waals surface area contributed by atoms with Crippen LogP contribution in [0.1, 0.15) is 12.8 Å². The molecule has 1 aromatic carbocycles. The van der Waals surface area contributed by atoms with Crippen LogP contribution in [0.2, 0.25) is 5.02 Å². The standard InChI is InChI=1S/C14H16ClN3O/c15-11-3-4-12-13(6-11)17-9-18(14(12)19)8-10-2-1-5-16-7-10/h3-4,6,9-10,16H,1-2,5,7-8H2. The predicted octanol–water partition coefficient (Wildman–Crippen LogP) is 2.05. The molecule has 1 aliphatic rings. The number of hydrogen-bond acceptors (Lipinski definition) is 3. The Morgan fingerprint density at radius 2 is 2.37 bits per heavy atom. The Kier molecular flexibility index (Phi) is 3.53. The molecule has 1 atom stereocenters. The van der Waals surface area contributed by atoms with Crippen LogP contribution in [0.25, 0.3) is 10.9 Å². The Bertz CT molecular complexity index is 647. The van der Waals surface area contributed by atoms with Gasteiger partial charge in [-0.25, -0.2) is 4.98 Å². The van der Waals surface area contributed by atoms with Crippen molar-refractivity contribution in [2.75, 3.05) is 13.1 Å². The Labute approximate surface area is 116 Å². The molecule has 1 fully saturated rings. The molecule has 1 unspecified atom stereocenters. The van der Waals surface area contributed by atoms with Gasteiger partial charge in [0.15, 0.2) is 0 Å². The normalized spacial score (nSPS) is 19.7. The first-order valence-corrected chi connectivity index (χ1v) is 6.97. The van der Waals surface area contributed by atoms with E-state index in [0.29, 0.717) is 21.8 Å². The van der Waals surface area contributed by atoms with Crippen molar-refractivity contribution in [1.82, 2.24) is 14.9 Å². The van der Waals surface area contributed by atoms with Crippen LogP contribution < -0.4 is 10.9 Å². The van der Waals surface area contributed by atoms with Gasteiger partial charge in [-0.3, -0.25) is 9.36 Å². The number of halogens is 1. The van der Waals surface area contributed by atoms with E-state index < -0.39 is 0 Å². The molecule has 100 valence electrons. The smallest absolute Gasteiger partial charge is 0.261 e. The van der Waals surface area contributed by atoms with E-state index in [1.165, 1.54) is 6.42 Å². The number of benzene rings is 1. The maximum absolute atomic E-state index is 12.4. The van der Waals surface area contributed by atoms with Gasteiger partial charge >= 0.3 is 0 Å². The predicted molar refractivity (Wildman–Crippen MR) is 76.6 cm³/mol. The van der Waals surface area contributed by atoms with Crippen molar-refractivity contribution < 1.29 is 0 Å². The molecule has 0 amide bonds. The zero-order valence-corrected chi connectivity index (χ0v) is 11.4. The summed E-state index contributed by atoms with van der Waals surface area (Å²) in [6.45, 7) is 2.79. The second-order valence-electron chi connectivity index (χ2n) is 5.08. The minimum atomic E-state index is 0.0206. The summed E-state index contributed by atoms with van der Waals surface area (Å²) >= 11 is 5.91. The average Bonchev–Trinajstić information content (AvgIpc) is 2.43. The first-order valence-electron chi connectivity index (χ1n) is 6.59. The number of hydrogen-bond donors (Lipinski definition) is 1. The third kappa shape index (κ3) is 2.65. The molecular weight excluding hydrogens is 262 g/mol. The van der Waals surface area contributed by atoms with Gasteiger partial charge in [0, 0.05) is 11.6 Å². The van der Waals surface area contributed by atoms with Gasteiger partial charge in [0.05, 0.1) is 17.2 Å². The lowest BCUT2D eigenvalue weighted by molar-refractivity contribution is 0.333. The first-order chi connectivity index (χ1) is 9.24. The summed E-state index contributed by atoms with van der Waals surface area (Å²) in [5.74, 6) is 0.512. The summed E-state index contributed by atoms with van der Waals surface area (Å²) in [5.41, 5.74) is 0.683. The molecule has 0 saturated carbocycles. The summed E-state index contributed by atoms with van der Waals surface area (Å²) in [7, 11) is 0. The van der Waals surface area contributed by atoms with Crippen molar-refractivity contribution in [2.24, 2.45) is 5.92 Å². The first kappa shape index (κ1) is 12.6. The minimum absolute atomic E-state index is 0.0206. The van der Waals surface area contributed by atoms with Crippen LogP contribution in [0.4, 0.5) is 0 Å². The van der Waals surface area contributed by atoms with Crippen LogP contribution >= 0.6 is 11.6 Å². The maximum Gasteiger partial charge on any atom is 0.261 e. The Morgan fingerprint density at radius 1 is 1.47 bits per heavy atom. The van der Waals surface area contributed by atoms with Crippen molar-refractivity contribution in [3.8, 4) is 0 Å². The van der Waals surface area contributed by atoms with Gasteiger partial charge < -0.3 is 5.32 Å². The molecule has 0 aliphatic carbocycles. The van der Waals surface area contributed by atoms with Crippen LogP contribution in [0.5, 0.6) is 0 Å². The summed E-state index contributed by atoms with van der Waals surface area (Å²) < 4.78 is 1.72. The molecule has 2 heterocycles. The Hall–Kier alpha value is -1.39. The van der Waals surface area contributed by atoms with Gasteiger partial charge in [-0.05, 0) is 50.0 Å². The molecule has 4 nitrogen and oxygen atoms in total. The molecule has 0 radical (unpaired) electrons. The van der Waals surface area contributed by atoms with Crippen molar-refractivity contribution in [3.05, 3.63) is 39.9 Å². The van der Waals surface area contributed by atoms with Gasteiger partial charge in [0.1, 0.15) is 0 Å². The highest BCUT2D eigenvalue weighted by Crippen LogP contribution is 2.15. The van der Waals surface area contributed by atoms with Crippen molar-refractivity contribution in [2.45, 2.75) is 19.4 Å². The average molecular weight is 278 g/mol. The van der Waals surface area contributed by atoms with Crippen LogP contribution in [0, 0.1) is 5.92 Å². The number of fused-ring (bicyclic) bond motifs is 1. The SMILES string of the molecule is O=c1c2ccc(Cl)cc2ncn1CC1CCCNC1. The molecule has 1 N–H and O–H groups in total.